The number of methoxy groups -OCH3 is 1. The molecule has 0 spiro atoms. The summed E-state index contributed by atoms with van der Waals surface area (Å²) >= 11 is 4.29. The lowest BCUT2D eigenvalue weighted by Crippen LogP contribution is -2.26. The third kappa shape index (κ3) is 7.28. The predicted octanol–water partition coefficient (Wildman–Crippen LogP) is 5.79. The van der Waals surface area contributed by atoms with Gasteiger partial charge in [0.05, 0.1) is 23.0 Å². The van der Waals surface area contributed by atoms with Crippen LogP contribution in [0.2, 0.25) is 0 Å². The molecule has 1 atom stereocenters. The molecule has 2 heterocycles. The average Bonchev–Trinajstić information content (AvgIpc) is 3.60. The predicted molar refractivity (Wildman–Crippen MR) is 158 cm³/mol. The molecule has 0 aliphatic carbocycles. The van der Waals surface area contributed by atoms with E-state index >= 15 is 0 Å². The molecule has 0 aliphatic rings. The second-order valence-corrected chi connectivity index (χ2v) is 11.6. The van der Waals surface area contributed by atoms with Gasteiger partial charge in [0, 0.05) is 18.6 Å². The van der Waals surface area contributed by atoms with Gasteiger partial charge in [-0.1, -0.05) is 47.3 Å². The van der Waals surface area contributed by atoms with Crippen molar-refractivity contribution >= 4 is 68.1 Å². The first-order chi connectivity index (χ1) is 19.3. The summed E-state index contributed by atoms with van der Waals surface area (Å²) in [5.74, 6) is 1.37. The Labute approximate surface area is 241 Å². The summed E-state index contributed by atoms with van der Waals surface area (Å²) in [6.45, 7) is 4.02. The van der Waals surface area contributed by atoms with Crippen LogP contribution in [0.1, 0.15) is 27.8 Å². The Hall–Kier alpha value is -4.15. The lowest BCUT2D eigenvalue weighted by atomic mass is 10.2. The molecule has 2 aromatic heterocycles. The van der Waals surface area contributed by atoms with Crippen LogP contribution in [0, 0.1) is 27.9 Å². The van der Waals surface area contributed by atoms with Gasteiger partial charge in [-0.3, -0.25) is 26.2 Å². The second-order valence-electron chi connectivity index (χ2n) is 8.06. The van der Waals surface area contributed by atoms with Gasteiger partial charge in [0.15, 0.2) is 0 Å². The highest BCUT2D eigenvalue weighted by atomic mass is 32.2. The minimum absolute atomic E-state index is 0.0622. The molecule has 0 saturated carbocycles. The second kappa shape index (κ2) is 13.3. The van der Waals surface area contributed by atoms with Gasteiger partial charge in [0.1, 0.15) is 15.8 Å². The normalized spacial score (nSPS) is 11.5. The Morgan fingerprint density at radius 2 is 1.82 bits per heavy atom. The van der Waals surface area contributed by atoms with E-state index in [0.29, 0.717) is 33.1 Å². The molecule has 0 saturated heterocycles. The number of aromatic nitrogens is 4. The highest BCUT2D eigenvalue weighted by Gasteiger charge is 2.24. The fourth-order valence-electron chi connectivity index (χ4n) is 3.39. The Morgan fingerprint density at radius 3 is 2.48 bits per heavy atom. The SMILES string of the molecule is CCSC(Cc1nnc(N(C(=N)OC)c2ccc([N+](=O)[O-])cc2)s1)c1nnc(NC(=N)Oc2ccc(C)cc2)s1. The van der Waals surface area contributed by atoms with E-state index in [2.05, 4.69) is 25.7 Å². The summed E-state index contributed by atoms with van der Waals surface area (Å²) in [6, 6.07) is 12.8. The van der Waals surface area contributed by atoms with E-state index in [-0.39, 0.29) is 23.0 Å². The molecule has 0 aliphatic heterocycles. The van der Waals surface area contributed by atoms with Crippen molar-refractivity contribution in [3.8, 4) is 5.75 Å². The number of rotatable bonds is 10. The highest BCUT2D eigenvalue weighted by molar-refractivity contribution is 7.99. The number of hydrogen-bond acceptors (Lipinski definition) is 13. The molecule has 2 aromatic carbocycles. The van der Waals surface area contributed by atoms with Gasteiger partial charge >= 0.3 is 0 Å². The number of anilines is 3. The number of benzene rings is 2. The molecular weight excluding hydrogens is 575 g/mol. The third-order valence-electron chi connectivity index (χ3n) is 5.27. The molecule has 3 N–H and O–H groups in total. The zero-order valence-corrected chi connectivity index (χ0v) is 24.1. The number of nitro benzene ring substituents is 1. The Kier molecular flexibility index (Phi) is 9.57. The van der Waals surface area contributed by atoms with E-state index in [9.17, 15) is 10.1 Å². The number of aryl methyl sites for hydroxylation is 1. The van der Waals surface area contributed by atoms with Crippen LogP contribution in [-0.2, 0) is 11.2 Å². The van der Waals surface area contributed by atoms with E-state index in [0.717, 1.165) is 16.3 Å². The third-order valence-corrected chi connectivity index (χ3v) is 8.43. The minimum Gasteiger partial charge on any atom is -0.468 e. The van der Waals surface area contributed by atoms with Crippen molar-refractivity contribution in [2.45, 2.75) is 25.5 Å². The van der Waals surface area contributed by atoms with Gasteiger partial charge in [-0.25, -0.2) is 4.90 Å². The van der Waals surface area contributed by atoms with E-state index in [1.807, 2.05) is 26.0 Å². The van der Waals surface area contributed by atoms with Gasteiger partial charge in [-0.2, -0.15) is 11.8 Å². The van der Waals surface area contributed by atoms with Crippen LogP contribution in [0.25, 0.3) is 0 Å². The maximum absolute atomic E-state index is 11.0. The molecule has 0 radical (unpaired) electrons. The zero-order valence-electron chi connectivity index (χ0n) is 21.7. The molecule has 208 valence electrons. The molecule has 1 unspecified atom stereocenters. The Bertz CT molecular complexity index is 1480. The van der Waals surface area contributed by atoms with Crippen LogP contribution in [0.3, 0.4) is 0 Å². The van der Waals surface area contributed by atoms with E-state index in [1.54, 1.807) is 23.9 Å². The van der Waals surface area contributed by atoms with Crippen LogP contribution in [-0.4, -0.2) is 50.2 Å². The van der Waals surface area contributed by atoms with E-state index < -0.39 is 4.92 Å². The van der Waals surface area contributed by atoms with Crippen molar-refractivity contribution in [1.29, 1.82) is 10.8 Å². The standard InChI is InChI=1S/C24H25N9O4S3/c1-4-38-18(20-29-30-23(40-20)27-21(25)37-17-11-5-14(2)6-12-17)13-19-28-31-24(39-19)32(22(26)36-3)15-7-9-16(10-8-15)33(34)35/h5-12,18,26H,4,13H2,1-3H3,(H2,25,27,30). The summed E-state index contributed by atoms with van der Waals surface area (Å²) in [5, 5.41) is 49.5. The molecular formula is C24H25N9O4S3. The number of amidine groups is 2. The maximum atomic E-state index is 11.0. The van der Waals surface area contributed by atoms with Gasteiger partial charge in [-0.05, 0) is 36.9 Å². The summed E-state index contributed by atoms with van der Waals surface area (Å²) in [4.78, 5) is 12.0. The number of nitro groups is 1. The quantitative estimate of drug-likeness (QED) is 0.0870. The van der Waals surface area contributed by atoms with Crippen LogP contribution < -0.4 is 15.0 Å². The molecule has 0 bridgehead atoms. The molecule has 4 rings (SSSR count). The fraction of sp³-hybridized carbons (Fsp3) is 0.250. The van der Waals surface area contributed by atoms with Crippen LogP contribution in [0.5, 0.6) is 5.75 Å². The molecule has 40 heavy (non-hydrogen) atoms. The number of nitrogens with zero attached hydrogens (tertiary/aromatic N) is 6. The van der Waals surface area contributed by atoms with Crippen molar-refractivity contribution < 1.29 is 14.4 Å². The average molecular weight is 600 g/mol. The molecule has 0 fully saturated rings. The smallest absolute Gasteiger partial charge is 0.295 e. The van der Waals surface area contributed by atoms with Crippen molar-refractivity contribution in [3.63, 3.8) is 0 Å². The van der Waals surface area contributed by atoms with Crippen molar-refractivity contribution in [2.75, 3.05) is 23.1 Å². The first kappa shape index (κ1) is 28.8. The van der Waals surface area contributed by atoms with Crippen LogP contribution in [0.4, 0.5) is 21.6 Å². The number of thioether (sulfide) groups is 1. The lowest BCUT2D eigenvalue weighted by molar-refractivity contribution is -0.384. The molecule has 4 aromatic rings. The number of hydrogen-bond donors (Lipinski definition) is 3. The Morgan fingerprint density at radius 1 is 1.10 bits per heavy atom. The molecule has 13 nitrogen and oxygen atoms in total. The highest BCUT2D eigenvalue weighted by Crippen LogP contribution is 2.38. The summed E-state index contributed by atoms with van der Waals surface area (Å²) in [5.41, 5.74) is 1.52. The minimum atomic E-state index is -0.487. The van der Waals surface area contributed by atoms with Crippen molar-refractivity contribution in [1.82, 2.24) is 20.4 Å². The number of ether oxygens (including phenoxy) is 2. The van der Waals surface area contributed by atoms with Gasteiger partial charge in [0.25, 0.3) is 17.7 Å². The van der Waals surface area contributed by atoms with E-state index in [4.69, 9.17) is 20.3 Å². The summed E-state index contributed by atoms with van der Waals surface area (Å²) in [6.07, 6.45) is 0.510. The summed E-state index contributed by atoms with van der Waals surface area (Å²) in [7, 11) is 1.36. The van der Waals surface area contributed by atoms with Crippen molar-refractivity contribution in [2.24, 2.45) is 0 Å². The lowest BCUT2D eigenvalue weighted by Gasteiger charge is -2.20. The molecule has 16 heteroatoms. The number of nitrogens with one attached hydrogen (secondary N) is 3. The van der Waals surface area contributed by atoms with Crippen LogP contribution in [0.15, 0.2) is 48.5 Å². The topological polar surface area (TPSA) is 176 Å². The number of non-ortho nitro benzene ring substituents is 1. The van der Waals surface area contributed by atoms with Gasteiger partial charge in [-0.15, -0.1) is 20.4 Å². The fourth-order valence-corrected chi connectivity index (χ4v) is 6.33. The van der Waals surface area contributed by atoms with Crippen molar-refractivity contribution in [3.05, 3.63) is 74.2 Å². The first-order valence-corrected chi connectivity index (χ1v) is 14.5. The zero-order chi connectivity index (χ0) is 28.6. The largest absolute Gasteiger partial charge is 0.468 e. The van der Waals surface area contributed by atoms with Crippen LogP contribution >= 0.6 is 34.4 Å². The summed E-state index contributed by atoms with van der Waals surface area (Å²) < 4.78 is 10.7. The Balaban J connectivity index is 1.46. The monoisotopic (exact) mass is 599 g/mol. The maximum Gasteiger partial charge on any atom is 0.295 e. The first-order valence-electron chi connectivity index (χ1n) is 11.8. The molecule has 0 amide bonds. The van der Waals surface area contributed by atoms with Gasteiger partial charge < -0.3 is 9.47 Å². The van der Waals surface area contributed by atoms with E-state index in [1.165, 1.54) is 58.9 Å². The van der Waals surface area contributed by atoms with Gasteiger partial charge in [0.2, 0.25) is 10.3 Å².